The zero-order valence-corrected chi connectivity index (χ0v) is 8.83. The van der Waals surface area contributed by atoms with Crippen LogP contribution in [0, 0.1) is 5.82 Å². The van der Waals surface area contributed by atoms with E-state index in [1.54, 1.807) is 6.07 Å². The summed E-state index contributed by atoms with van der Waals surface area (Å²) in [5, 5.41) is 0. The Labute approximate surface area is 96.7 Å². The highest BCUT2D eigenvalue weighted by Crippen LogP contribution is 2.28. The molecule has 88 valence electrons. The van der Waals surface area contributed by atoms with Crippen LogP contribution < -0.4 is 5.73 Å². The lowest BCUT2D eigenvalue weighted by molar-refractivity contribution is 0.151. The Bertz CT molecular complexity index is 521. The summed E-state index contributed by atoms with van der Waals surface area (Å²) in [7, 11) is 0. The maximum absolute atomic E-state index is 12.7. The minimum Gasteiger partial charge on any atom is -0.399 e. The minimum atomic E-state index is -2.57. The second-order valence-corrected chi connectivity index (χ2v) is 3.70. The first-order valence-electron chi connectivity index (χ1n) is 5.01. The summed E-state index contributed by atoms with van der Waals surface area (Å²) in [5.74, 6) is -0.369. The number of halogens is 3. The average molecular weight is 237 g/mol. The fourth-order valence-corrected chi connectivity index (χ4v) is 1.61. The van der Waals surface area contributed by atoms with Gasteiger partial charge in [0, 0.05) is 11.3 Å². The molecule has 0 aliphatic rings. The van der Waals surface area contributed by atoms with Gasteiger partial charge in [0.25, 0.3) is 6.43 Å². The summed E-state index contributed by atoms with van der Waals surface area (Å²) in [5.41, 5.74) is 6.90. The van der Waals surface area contributed by atoms with Crippen LogP contribution in [0.1, 0.15) is 12.0 Å². The van der Waals surface area contributed by atoms with Gasteiger partial charge in [-0.15, -0.1) is 0 Å². The summed E-state index contributed by atoms with van der Waals surface area (Å²) in [6.07, 6.45) is -2.57. The lowest BCUT2D eigenvalue weighted by Gasteiger charge is -2.07. The fraction of sp³-hybridized carbons (Fsp3) is 0.0769. The van der Waals surface area contributed by atoms with Gasteiger partial charge in [0.2, 0.25) is 0 Å². The number of rotatable bonds is 2. The molecule has 1 nitrogen and oxygen atoms in total. The van der Waals surface area contributed by atoms with Crippen molar-refractivity contribution in [2.45, 2.75) is 6.43 Å². The Morgan fingerprint density at radius 1 is 0.882 bits per heavy atom. The van der Waals surface area contributed by atoms with Crippen LogP contribution in [0.5, 0.6) is 0 Å². The van der Waals surface area contributed by atoms with E-state index in [9.17, 15) is 13.2 Å². The molecule has 2 rings (SSSR count). The van der Waals surface area contributed by atoms with Crippen LogP contribution in [-0.4, -0.2) is 0 Å². The van der Waals surface area contributed by atoms with Crippen molar-refractivity contribution in [3.8, 4) is 11.1 Å². The molecular weight excluding hydrogens is 227 g/mol. The molecule has 0 atom stereocenters. The van der Waals surface area contributed by atoms with E-state index in [2.05, 4.69) is 0 Å². The van der Waals surface area contributed by atoms with Gasteiger partial charge in [-0.2, -0.15) is 0 Å². The molecule has 0 spiro atoms. The normalized spacial score (nSPS) is 10.8. The van der Waals surface area contributed by atoms with Gasteiger partial charge in [-0.3, -0.25) is 0 Å². The Morgan fingerprint density at radius 3 is 2.12 bits per heavy atom. The molecule has 0 saturated carbocycles. The van der Waals surface area contributed by atoms with Crippen LogP contribution >= 0.6 is 0 Å². The molecule has 4 heteroatoms. The Hall–Kier alpha value is -1.97. The van der Waals surface area contributed by atoms with Crippen LogP contribution in [0.3, 0.4) is 0 Å². The quantitative estimate of drug-likeness (QED) is 0.784. The van der Waals surface area contributed by atoms with E-state index in [1.807, 2.05) is 0 Å². The van der Waals surface area contributed by atoms with Crippen molar-refractivity contribution < 1.29 is 13.2 Å². The van der Waals surface area contributed by atoms with Gasteiger partial charge < -0.3 is 5.73 Å². The van der Waals surface area contributed by atoms with Gasteiger partial charge in [0.05, 0.1) is 0 Å². The number of alkyl halides is 2. The summed E-state index contributed by atoms with van der Waals surface area (Å²) in [4.78, 5) is 0. The van der Waals surface area contributed by atoms with Gasteiger partial charge in [-0.1, -0.05) is 12.1 Å². The number of benzene rings is 2. The average Bonchev–Trinajstić information content (AvgIpc) is 2.29. The summed E-state index contributed by atoms with van der Waals surface area (Å²) in [6, 6.07) is 9.78. The zero-order valence-electron chi connectivity index (χ0n) is 8.83. The third kappa shape index (κ3) is 2.58. The maximum Gasteiger partial charge on any atom is 0.263 e. The van der Waals surface area contributed by atoms with E-state index in [1.165, 1.54) is 36.4 Å². The molecule has 0 fully saturated rings. The first-order chi connectivity index (χ1) is 8.06. The zero-order chi connectivity index (χ0) is 12.4. The first-order valence-corrected chi connectivity index (χ1v) is 5.01. The largest absolute Gasteiger partial charge is 0.399 e. The highest BCUT2D eigenvalue weighted by atomic mass is 19.3. The number of nitrogen functional groups attached to an aromatic ring is 1. The van der Waals surface area contributed by atoms with E-state index in [0.29, 0.717) is 11.1 Å². The van der Waals surface area contributed by atoms with Gasteiger partial charge in [0.1, 0.15) is 5.82 Å². The topological polar surface area (TPSA) is 26.0 Å². The number of nitrogens with two attached hydrogens (primary N) is 1. The second-order valence-electron chi connectivity index (χ2n) is 3.70. The predicted octanol–water partition coefficient (Wildman–Crippen LogP) is 4.01. The molecule has 0 aliphatic heterocycles. The van der Waals surface area contributed by atoms with Crippen LogP contribution in [-0.2, 0) is 0 Å². The first kappa shape index (κ1) is 11.5. The Kier molecular flexibility index (Phi) is 3.04. The van der Waals surface area contributed by atoms with Crippen molar-refractivity contribution in [2.24, 2.45) is 0 Å². The van der Waals surface area contributed by atoms with Gasteiger partial charge in [-0.05, 0) is 41.5 Å². The van der Waals surface area contributed by atoms with Crippen molar-refractivity contribution in [1.82, 2.24) is 0 Å². The van der Waals surface area contributed by atoms with E-state index >= 15 is 0 Å². The van der Waals surface area contributed by atoms with Crippen molar-refractivity contribution in [3.05, 3.63) is 53.8 Å². The van der Waals surface area contributed by atoms with E-state index in [0.717, 1.165) is 0 Å². The molecule has 0 amide bonds. The third-order valence-corrected chi connectivity index (χ3v) is 2.41. The van der Waals surface area contributed by atoms with Crippen molar-refractivity contribution in [1.29, 1.82) is 0 Å². The Morgan fingerprint density at radius 2 is 1.53 bits per heavy atom. The predicted molar refractivity (Wildman–Crippen MR) is 61.2 cm³/mol. The molecule has 0 aliphatic carbocycles. The fourth-order valence-electron chi connectivity index (χ4n) is 1.61. The molecule has 0 saturated heterocycles. The molecule has 0 bridgehead atoms. The smallest absolute Gasteiger partial charge is 0.263 e. The van der Waals surface area contributed by atoms with Gasteiger partial charge in [-0.25, -0.2) is 13.2 Å². The Balaban J connectivity index is 2.48. The van der Waals surface area contributed by atoms with Crippen molar-refractivity contribution in [2.75, 3.05) is 5.73 Å². The summed E-state index contributed by atoms with van der Waals surface area (Å²) >= 11 is 0. The third-order valence-electron chi connectivity index (χ3n) is 2.41. The second kappa shape index (κ2) is 4.49. The monoisotopic (exact) mass is 237 g/mol. The van der Waals surface area contributed by atoms with E-state index < -0.39 is 6.43 Å². The molecule has 2 aromatic rings. The van der Waals surface area contributed by atoms with Crippen LogP contribution in [0.15, 0.2) is 42.5 Å². The van der Waals surface area contributed by atoms with Crippen molar-refractivity contribution >= 4 is 5.69 Å². The van der Waals surface area contributed by atoms with E-state index in [-0.39, 0.29) is 17.1 Å². The molecule has 2 N–H and O–H groups in total. The number of hydrogen-bond acceptors (Lipinski definition) is 1. The van der Waals surface area contributed by atoms with Gasteiger partial charge in [0.15, 0.2) is 0 Å². The highest BCUT2D eigenvalue weighted by molar-refractivity contribution is 5.68. The highest BCUT2D eigenvalue weighted by Gasteiger charge is 2.09. The van der Waals surface area contributed by atoms with Crippen LogP contribution in [0.25, 0.3) is 11.1 Å². The molecular formula is C13H10F3N. The van der Waals surface area contributed by atoms with Crippen molar-refractivity contribution in [3.63, 3.8) is 0 Å². The lowest BCUT2D eigenvalue weighted by atomic mass is 10.0. The molecule has 0 aromatic heterocycles. The molecule has 0 radical (unpaired) electrons. The molecule has 2 aromatic carbocycles. The van der Waals surface area contributed by atoms with E-state index in [4.69, 9.17) is 5.73 Å². The van der Waals surface area contributed by atoms with Crippen LogP contribution in [0.2, 0.25) is 0 Å². The molecule has 17 heavy (non-hydrogen) atoms. The summed E-state index contributed by atoms with van der Waals surface area (Å²) < 4.78 is 37.9. The van der Waals surface area contributed by atoms with Crippen LogP contribution in [0.4, 0.5) is 18.9 Å². The molecule has 0 heterocycles. The summed E-state index contributed by atoms with van der Waals surface area (Å²) in [6.45, 7) is 0. The molecule has 0 unspecified atom stereocenters. The lowest BCUT2D eigenvalue weighted by Crippen LogP contribution is -1.92. The number of anilines is 1. The van der Waals surface area contributed by atoms with Gasteiger partial charge >= 0.3 is 0 Å². The maximum atomic E-state index is 12.7. The minimum absolute atomic E-state index is 0.135. The number of hydrogen-bond donors (Lipinski definition) is 1. The SMILES string of the molecule is Nc1cc(-c2ccc(F)cc2)cc(C(F)F)c1. The standard InChI is InChI=1S/C13H10F3N/c14-11-3-1-8(2-4-11)9-5-10(13(15)16)7-12(17)6-9/h1-7,13H,17H2.